The Morgan fingerprint density at radius 1 is 1.21 bits per heavy atom. The molecule has 1 fully saturated rings. The number of hydrogen-bond donors (Lipinski definition) is 1. The van der Waals surface area contributed by atoms with E-state index in [0.717, 1.165) is 37.9 Å². The summed E-state index contributed by atoms with van der Waals surface area (Å²) in [4.78, 5) is 12.5. The normalized spacial score (nSPS) is 19.4. The van der Waals surface area contributed by atoms with Crippen molar-refractivity contribution >= 4 is 5.91 Å². The van der Waals surface area contributed by atoms with Crippen molar-refractivity contribution in [3.63, 3.8) is 0 Å². The number of amides is 1. The SMILES string of the molecule is Cc1ccc(-c2nnc(CCC(=O)N[C@H]3CCCC[C@@H]3OCCC(C)C)o2)cc1. The van der Waals surface area contributed by atoms with Gasteiger partial charge in [-0.3, -0.25) is 4.79 Å². The second-order valence-corrected chi connectivity index (χ2v) is 8.42. The first kappa shape index (κ1) is 21.5. The van der Waals surface area contributed by atoms with E-state index in [9.17, 15) is 4.79 Å². The van der Waals surface area contributed by atoms with Crippen molar-refractivity contribution in [2.45, 2.75) is 77.9 Å². The number of carbonyl (C=O) groups excluding carboxylic acids is 1. The second-order valence-electron chi connectivity index (χ2n) is 8.42. The largest absolute Gasteiger partial charge is 0.421 e. The minimum atomic E-state index is 0.0180. The maximum absolute atomic E-state index is 12.5. The lowest BCUT2D eigenvalue weighted by atomic mass is 9.92. The lowest BCUT2D eigenvalue weighted by Gasteiger charge is -2.32. The van der Waals surface area contributed by atoms with Gasteiger partial charge in [-0.25, -0.2) is 0 Å². The molecule has 1 aromatic heterocycles. The molecule has 3 rings (SSSR count). The zero-order chi connectivity index (χ0) is 20.6. The van der Waals surface area contributed by atoms with Crippen LogP contribution >= 0.6 is 0 Å². The van der Waals surface area contributed by atoms with Gasteiger partial charge in [-0.15, -0.1) is 10.2 Å². The van der Waals surface area contributed by atoms with Crippen molar-refractivity contribution < 1.29 is 13.9 Å². The summed E-state index contributed by atoms with van der Waals surface area (Å²) in [5.41, 5.74) is 2.07. The highest BCUT2D eigenvalue weighted by molar-refractivity contribution is 5.76. The van der Waals surface area contributed by atoms with Crippen LogP contribution in [0.2, 0.25) is 0 Å². The summed E-state index contributed by atoms with van der Waals surface area (Å²) >= 11 is 0. The Kier molecular flexibility index (Phi) is 7.81. The van der Waals surface area contributed by atoms with Crippen molar-refractivity contribution in [1.82, 2.24) is 15.5 Å². The monoisotopic (exact) mass is 399 g/mol. The van der Waals surface area contributed by atoms with E-state index in [2.05, 4.69) is 29.4 Å². The van der Waals surface area contributed by atoms with E-state index in [1.807, 2.05) is 31.2 Å². The fourth-order valence-electron chi connectivity index (χ4n) is 3.58. The van der Waals surface area contributed by atoms with Gasteiger partial charge < -0.3 is 14.5 Å². The van der Waals surface area contributed by atoms with Crippen LogP contribution in [0.1, 0.15) is 63.8 Å². The van der Waals surface area contributed by atoms with E-state index in [1.165, 1.54) is 12.0 Å². The first-order valence-corrected chi connectivity index (χ1v) is 10.8. The summed E-state index contributed by atoms with van der Waals surface area (Å²) < 4.78 is 11.8. The average Bonchev–Trinajstić information content (AvgIpc) is 3.17. The van der Waals surface area contributed by atoms with Gasteiger partial charge in [0.2, 0.25) is 17.7 Å². The number of nitrogens with zero attached hydrogens (tertiary/aromatic N) is 2. The highest BCUT2D eigenvalue weighted by Crippen LogP contribution is 2.22. The molecule has 29 heavy (non-hydrogen) atoms. The first-order chi connectivity index (χ1) is 14.0. The molecule has 1 aliphatic rings. The molecule has 1 heterocycles. The number of ether oxygens (including phenoxy) is 1. The molecule has 0 spiro atoms. The van der Waals surface area contributed by atoms with Gasteiger partial charge in [-0.2, -0.15) is 0 Å². The van der Waals surface area contributed by atoms with Crippen molar-refractivity contribution in [2.24, 2.45) is 5.92 Å². The number of hydrogen-bond acceptors (Lipinski definition) is 5. The zero-order valence-electron chi connectivity index (χ0n) is 17.8. The Hall–Kier alpha value is -2.21. The molecule has 0 unspecified atom stereocenters. The summed E-state index contributed by atoms with van der Waals surface area (Å²) in [5, 5.41) is 11.4. The molecule has 0 aliphatic heterocycles. The number of aryl methyl sites for hydroxylation is 2. The summed E-state index contributed by atoms with van der Waals surface area (Å²) in [7, 11) is 0. The molecule has 1 N–H and O–H groups in total. The fraction of sp³-hybridized carbons (Fsp3) is 0.609. The van der Waals surface area contributed by atoms with E-state index in [4.69, 9.17) is 9.15 Å². The van der Waals surface area contributed by atoms with Gasteiger partial charge in [0.1, 0.15) is 0 Å². The molecule has 2 aromatic rings. The molecule has 0 saturated heterocycles. The maximum atomic E-state index is 12.5. The van der Waals surface area contributed by atoms with Gasteiger partial charge in [0, 0.05) is 25.0 Å². The molecule has 1 saturated carbocycles. The number of aromatic nitrogens is 2. The van der Waals surface area contributed by atoms with Gasteiger partial charge in [0.25, 0.3) is 0 Å². The minimum Gasteiger partial charge on any atom is -0.421 e. The Morgan fingerprint density at radius 2 is 1.97 bits per heavy atom. The van der Waals surface area contributed by atoms with Crippen molar-refractivity contribution in [2.75, 3.05) is 6.61 Å². The predicted molar refractivity (Wildman–Crippen MR) is 112 cm³/mol. The lowest BCUT2D eigenvalue weighted by molar-refractivity contribution is -0.123. The topological polar surface area (TPSA) is 77.2 Å². The Balaban J connectivity index is 1.47. The Bertz CT molecular complexity index is 770. The lowest BCUT2D eigenvalue weighted by Crippen LogP contribution is -2.46. The second kappa shape index (κ2) is 10.5. The van der Waals surface area contributed by atoms with Crippen LogP contribution in [0.15, 0.2) is 28.7 Å². The molecular weight excluding hydrogens is 366 g/mol. The van der Waals surface area contributed by atoms with Crippen LogP contribution in [0, 0.1) is 12.8 Å². The molecule has 6 nitrogen and oxygen atoms in total. The van der Waals surface area contributed by atoms with Gasteiger partial charge >= 0.3 is 0 Å². The van der Waals surface area contributed by atoms with Crippen LogP contribution in [-0.2, 0) is 16.0 Å². The molecule has 158 valence electrons. The van der Waals surface area contributed by atoms with Crippen LogP contribution in [0.25, 0.3) is 11.5 Å². The predicted octanol–water partition coefficient (Wildman–Crippen LogP) is 4.47. The standard InChI is InChI=1S/C23H33N3O3/c1-16(2)14-15-28-20-7-5-4-6-19(20)24-21(27)12-13-22-25-26-23(29-22)18-10-8-17(3)9-11-18/h8-11,16,19-20H,4-7,12-15H2,1-3H3,(H,24,27)/t19-,20-/m0/s1. The van der Waals surface area contributed by atoms with E-state index in [-0.39, 0.29) is 18.1 Å². The van der Waals surface area contributed by atoms with Crippen molar-refractivity contribution in [3.05, 3.63) is 35.7 Å². The minimum absolute atomic E-state index is 0.0180. The van der Waals surface area contributed by atoms with Gasteiger partial charge in [0.15, 0.2) is 0 Å². The zero-order valence-corrected chi connectivity index (χ0v) is 17.8. The quantitative estimate of drug-likeness (QED) is 0.673. The van der Waals surface area contributed by atoms with Crippen molar-refractivity contribution in [1.29, 1.82) is 0 Å². The molecule has 1 aliphatic carbocycles. The van der Waals surface area contributed by atoms with Crippen LogP contribution in [0.4, 0.5) is 0 Å². The van der Waals surface area contributed by atoms with Crippen LogP contribution < -0.4 is 5.32 Å². The van der Waals surface area contributed by atoms with E-state index in [0.29, 0.717) is 30.5 Å². The maximum Gasteiger partial charge on any atom is 0.247 e. The third-order valence-electron chi connectivity index (χ3n) is 5.41. The van der Waals surface area contributed by atoms with Gasteiger partial charge in [-0.05, 0) is 44.2 Å². The van der Waals surface area contributed by atoms with Crippen LogP contribution in [0.5, 0.6) is 0 Å². The fourth-order valence-corrected chi connectivity index (χ4v) is 3.58. The molecule has 1 amide bonds. The Morgan fingerprint density at radius 3 is 2.72 bits per heavy atom. The summed E-state index contributed by atoms with van der Waals surface area (Å²) in [6.07, 6.45) is 6.27. The molecule has 0 radical (unpaired) electrons. The molecule has 1 aromatic carbocycles. The number of benzene rings is 1. The molecular formula is C23H33N3O3. The van der Waals surface area contributed by atoms with Gasteiger partial charge in [-0.1, -0.05) is 44.4 Å². The van der Waals surface area contributed by atoms with E-state index in [1.54, 1.807) is 0 Å². The summed E-state index contributed by atoms with van der Waals surface area (Å²) in [6.45, 7) is 7.20. The average molecular weight is 400 g/mol. The highest BCUT2D eigenvalue weighted by Gasteiger charge is 2.27. The van der Waals surface area contributed by atoms with E-state index >= 15 is 0 Å². The molecule has 0 bridgehead atoms. The molecule has 2 atom stereocenters. The number of carbonyl (C=O) groups is 1. The number of rotatable bonds is 9. The Labute approximate surface area is 173 Å². The third kappa shape index (κ3) is 6.67. The van der Waals surface area contributed by atoms with Crippen LogP contribution in [-0.4, -0.2) is 34.9 Å². The molecule has 6 heteroatoms. The number of nitrogens with one attached hydrogen (secondary N) is 1. The first-order valence-electron chi connectivity index (χ1n) is 10.8. The van der Waals surface area contributed by atoms with Crippen LogP contribution in [0.3, 0.4) is 0 Å². The van der Waals surface area contributed by atoms with Crippen molar-refractivity contribution in [3.8, 4) is 11.5 Å². The third-order valence-corrected chi connectivity index (χ3v) is 5.41. The van der Waals surface area contributed by atoms with Gasteiger partial charge in [0.05, 0.1) is 12.1 Å². The summed E-state index contributed by atoms with van der Waals surface area (Å²) in [5.74, 6) is 1.63. The summed E-state index contributed by atoms with van der Waals surface area (Å²) in [6, 6.07) is 8.05. The smallest absolute Gasteiger partial charge is 0.247 e. The highest BCUT2D eigenvalue weighted by atomic mass is 16.5. The van der Waals surface area contributed by atoms with E-state index < -0.39 is 0 Å².